The third-order valence-electron chi connectivity index (χ3n) is 4.24. The third kappa shape index (κ3) is 3.38. The van der Waals surface area contributed by atoms with Crippen molar-refractivity contribution < 1.29 is 4.74 Å². The van der Waals surface area contributed by atoms with E-state index in [4.69, 9.17) is 4.74 Å². The summed E-state index contributed by atoms with van der Waals surface area (Å²) in [6.45, 7) is 8.90. The fourth-order valence-electron chi connectivity index (χ4n) is 2.64. The van der Waals surface area contributed by atoms with E-state index in [1.54, 1.807) is 17.7 Å². The lowest BCUT2D eigenvalue weighted by molar-refractivity contribution is 0.214. The minimum atomic E-state index is 0.590. The number of aromatic nitrogens is 3. The molecule has 0 unspecified atom stereocenters. The van der Waals surface area contributed by atoms with Crippen molar-refractivity contribution in [1.29, 1.82) is 0 Å². The highest BCUT2D eigenvalue weighted by molar-refractivity contribution is 7.13. The van der Waals surface area contributed by atoms with Crippen molar-refractivity contribution >= 4 is 16.5 Å². The van der Waals surface area contributed by atoms with Crippen LogP contribution in [0, 0.1) is 26.7 Å². The Kier molecular flexibility index (Phi) is 4.57. The Balaban J connectivity index is 1.51. The number of hydrogen-bond acceptors (Lipinski definition) is 6. The summed E-state index contributed by atoms with van der Waals surface area (Å²) in [5, 5.41) is 3.27. The molecule has 0 atom stereocenters. The van der Waals surface area contributed by atoms with E-state index in [1.807, 2.05) is 20.8 Å². The molecule has 0 spiro atoms. The van der Waals surface area contributed by atoms with Crippen molar-refractivity contribution in [2.24, 2.45) is 5.92 Å². The lowest BCUT2D eigenvalue weighted by Gasteiger charge is -2.31. The Hall–Kier alpha value is -1.69. The molecule has 118 valence electrons. The van der Waals surface area contributed by atoms with Crippen molar-refractivity contribution in [2.45, 2.75) is 33.6 Å². The summed E-state index contributed by atoms with van der Waals surface area (Å²) in [5.41, 5.74) is 3.14. The predicted molar refractivity (Wildman–Crippen MR) is 88.8 cm³/mol. The molecular weight excluding hydrogens is 296 g/mol. The van der Waals surface area contributed by atoms with Crippen molar-refractivity contribution in [3.63, 3.8) is 0 Å². The molecular formula is C16H22N4OS. The molecule has 2 aromatic rings. The van der Waals surface area contributed by atoms with E-state index in [9.17, 15) is 0 Å². The Morgan fingerprint density at radius 3 is 2.68 bits per heavy atom. The second-order valence-corrected chi connectivity index (χ2v) is 6.74. The van der Waals surface area contributed by atoms with E-state index in [1.165, 1.54) is 0 Å². The zero-order valence-electron chi connectivity index (χ0n) is 13.4. The van der Waals surface area contributed by atoms with E-state index in [0.29, 0.717) is 5.92 Å². The largest absolute Gasteiger partial charge is 0.477 e. The molecule has 0 radical (unpaired) electrons. The number of aryl methyl sites for hydroxylation is 2. The number of thiazole rings is 1. The van der Waals surface area contributed by atoms with Gasteiger partial charge in [-0.05, 0) is 39.5 Å². The van der Waals surface area contributed by atoms with Crippen LogP contribution in [-0.4, -0.2) is 34.6 Å². The number of piperidine rings is 1. The lowest BCUT2D eigenvalue weighted by atomic mass is 9.98. The van der Waals surface area contributed by atoms with Crippen molar-refractivity contribution in [1.82, 2.24) is 15.0 Å². The maximum Gasteiger partial charge on any atom is 0.219 e. The molecule has 1 saturated heterocycles. The van der Waals surface area contributed by atoms with Crippen molar-refractivity contribution in [3.05, 3.63) is 28.7 Å². The number of hydrogen-bond donors (Lipinski definition) is 0. The van der Waals surface area contributed by atoms with E-state index in [2.05, 4.69) is 25.2 Å². The van der Waals surface area contributed by atoms with Crippen molar-refractivity contribution in [2.75, 3.05) is 24.6 Å². The summed E-state index contributed by atoms with van der Waals surface area (Å²) in [5.74, 6) is 1.32. The molecule has 3 heterocycles. The summed E-state index contributed by atoms with van der Waals surface area (Å²) in [7, 11) is 0. The molecule has 22 heavy (non-hydrogen) atoms. The zero-order valence-corrected chi connectivity index (χ0v) is 14.2. The molecule has 0 bridgehead atoms. The highest BCUT2D eigenvalue weighted by Gasteiger charge is 2.22. The van der Waals surface area contributed by atoms with Gasteiger partial charge in [0, 0.05) is 29.7 Å². The molecule has 0 amide bonds. The molecule has 6 heteroatoms. The van der Waals surface area contributed by atoms with Crippen LogP contribution in [0.2, 0.25) is 0 Å². The van der Waals surface area contributed by atoms with Gasteiger partial charge in [0.05, 0.1) is 12.3 Å². The van der Waals surface area contributed by atoms with Crippen molar-refractivity contribution in [3.8, 4) is 5.88 Å². The van der Waals surface area contributed by atoms with Crippen LogP contribution in [0.3, 0.4) is 0 Å². The van der Waals surface area contributed by atoms with Crippen LogP contribution in [0.15, 0.2) is 11.7 Å². The van der Waals surface area contributed by atoms with Crippen LogP contribution in [0.25, 0.3) is 0 Å². The maximum absolute atomic E-state index is 5.92. The quantitative estimate of drug-likeness (QED) is 0.867. The third-order valence-corrected chi connectivity index (χ3v) is 5.26. The van der Waals surface area contributed by atoms with Crippen LogP contribution < -0.4 is 9.64 Å². The van der Waals surface area contributed by atoms with Gasteiger partial charge in [-0.1, -0.05) is 0 Å². The van der Waals surface area contributed by atoms with Crippen LogP contribution in [0.5, 0.6) is 5.88 Å². The van der Waals surface area contributed by atoms with Crippen LogP contribution >= 0.6 is 11.3 Å². The van der Waals surface area contributed by atoms with Crippen LogP contribution in [0.4, 0.5) is 5.13 Å². The van der Waals surface area contributed by atoms with Gasteiger partial charge < -0.3 is 9.64 Å². The number of ether oxygens (including phenoxy) is 1. The second-order valence-electron chi connectivity index (χ2n) is 5.90. The molecule has 5 nitrogen and oxygen atoms in total. The Labute approximate surface area is 135 Å². The minimum absolute atomic E-state index is 0.590. The lowest BCUT2D eigenvalue weighted by Crippen LogP contribution is -2.35. The van der Waals surface area contributed by atoms with E-state index < -0.39 is 0 Å². The average molecular weight is 318 g/mol. The molecule has 0 saturated carbocycles. The molecule has 0 N–H and O–H groups in total. The molecule has 0 aromatic carbocycles. The van der Waals surface area contributed by atoms with E-state index in [0.717, 1.165) is 60.5 Å². The van der Waals surface area contributed by atoms with Gasteiger partial charge >= 0.3 is 0 Å². The maximum atomic E-state index is 5.92. The fourth-order valence-corrected chi connectivity index (χ4v) is 3.49. The SMILES string of the molecule is Cc1csc(N2CCC(COc3ncnc(C)c3C)CC2)n1. The zero-order chi connectivity index (χ0) is 15.5. The Morgan fingerprint density at radius 1 is 1.23 bits per heavy atom. The van der Waals surface area contributed by atoms with Gasteiger partial charge in [-0.25, -0.2) is 15.0 Å². The first-order chi connectivity index (χ1) is 10.6. The van der Waals surface area contributed by atoms with Gasteiger partial charge in [-0.15, -0.1) is 11.3 Å². The van der Waals surface area contributed by atoms with Gasteiger partial charge in [-0.2, -0.15) is 0 Å². The summed E-state index contributed by atoms with van der Waals surface area (Å²) < 4.78 is 5.92. The first kappa shape index (κ1) is 15.2. The molecule has 2 aromatic heterocycles. The highest BCUT2D eigenvalue weighted by Crippen LogP contribution is 2.26. The monoisotopic (exact) mass is 318 g/mol. The van der Waals surface area contributed by atoms with Crippen LogP contribution in [-0.2, 0) is 0 Å². The fraction of sp³-hybridized carbons (Fsp3) is 0.562. The van der Waals surface area contributed by atoms with E-state index in [-0.39, 0.29) is 0 Å². The predicted octanol–water partition coefficient (Wildman–Crippen LogP) is 3.15. The Bertz CT molecular complexity index is 635. The highest BCUT2D eigenvalue weighted by atomic mass is 32.1. The van der Waals surface area contributed by atoms with Gasteiger partial charge in [0.25, 0.3) is 0 Å². The molecule has 1 fully saturated rings. The van der Waals surface area contributed by atoms with Gasteiger partial charge in [0.15, 0.2) is 5.13 Å². The summed E-state index contributed by atoms with van der Waals surface area (Å²) in [4.78, 5) is 15.4. The molecule has 1 aliphatic heterocycles. The summed E-state index contributed by atoms with van der Waals surface area (Å²) in [6.07, 6.45) is 3.86. The van der Waals surface area contributed by atoms with Crippen LogP contribution in [0.1, 0.15) is 29.8 Å². The molecule has 3 rings (SSSR count). The summed E-state index contributed by atoms with van der Waals surface area (Å²) in [6, 6.07) is 0. The van der Waals surface area contributed by atoms with E-state index >= 15 is 0 Å². The van der Waals surface area contributed by atoms with Gasteiger partial charge in [0.1, 0.15) is 6.33 Å². The topological polar surface area (TPSA) is 51.1 Å². The molecule has 1 aliphatic rings. The smallest absolute Gasteiger partial charge is 0.219 e. The molecule has 0 aliphatic carbocycles. The number of nitrogens with zero attached hydrogens (tertiary/aromatic N) is 4. The minimum Gasteiger partial charge on any atom is -0.477 e. The van der Waals surface area contributed by atoms with Gasteiger partial charge in [0.2, 0.25) is 5.88 Å². The number of rotatable bonds is 4. The number of anilines is 1. The first-order valence-corrected chi connectivity index (χ1v) is 8.59. The standard InChI is InChI=1S/C16H22N4OS/c1-11-9-22-16(19-11)20-6-4-14(5-7-20)8-21-15-12(2)13(3)17-10-18-15/h9-10,14H,4-8H2,1-3H3. The van der Waals surface area contributed by atoms with Gasteiger partial charge in [-0.3, -0.25) is 0 Å². The first-order valence-electron chi connectivity index (χ1n) is 7.71. The summed E-state index contributed by atoms with van der Waals surface area (Å²) >= 11 is 1.74. The normalized spacial score (nSPS) is 16.0. The average Bonchev–Trinajstić information content (AvgIpc) is 2.96. The second kappa shape index (κ2) is 6.60. The Morgan fingerprint density at radius 2 is 2.00 bits per heavy atom.